The second-order valence-corrected chi connectivity index (χ2v) is 3.98. The Morgan fingerprint density at radius 3 is 2.78 bits per heavy atom. The molecule has 0 fully saturated rings. The molecule has 0 aromatic carbocycles. The van der Waals surface area contributed by atoms with Crippen molar-refractivity contribution in [1.29, 1.82) is 0 Å². The molecule has 0 radical (unpaired) electrons. The number of aromatic carboxylic acids is 1. The monoisotopic (exact) mass is 248 g/mol. The summed E-state index contributed by atoms with van der Waals surface area (Å²) < 4.78 is 6.03. The molecule has 2 rings (SSSR count). The molecule has 0 saturated carbocycles. The number of hydrogen-bond donors (Lipinski definition) is 1. The minimum atomic E-state index is -1.23. The Hall–Kier alpha value is -2.37. The molecule has 0 saturated heterocycles. The first-order chi connectivity index (χ1) is 8.50. The largest absolute Gasteiger partial charge is 0.477 e. The molecule has 0 aliphatic carbocycles. The van der Waals surface area contributed by atoms with Crippen molar-refractivity contribution in [3.63, 3.8) is 0 Å². The Balaban J connectivity index is 2.56. The van der Waals surface area contributed by atoms with E-state index in [0.29, 0.717) is 11.3 Å². The van der Waals surface area contributed by atoms with E-state index < -0.39 is 11.5 Å². The highest BCUT2D eigenvalue weighted by Gasteiger charge is 2.18. The lowest BCUT2D eigenvalue weighted by atomic mass is 10.1. The highest BCUT2D eigenvalue weighted by atomic mass is 16.4. The molecule has 94 valence electrons. The molecular weight excluding hydrogens is 236 g/mol. The maximum absolute atomic E-state index is 12.0. The van der Waals surface area contributed by atoms with Gasteiger partial charge in [0.05, 0.1) is 24.8 Å². The maximum atomic E-state index is 12.0. The number of nitrogens with zero attached hydrogens (tertiary/aromatic N) is 2. The van der Waals surface area contributed by atoms with Gasteiger partial charge in [-0.2, -0.15) is 5.10 Å². The maximum Gasteiger partial charge on any atom is 0.341 e. The van der Waals surface area contributed by atoms with E-state index >= 15 is 0 Å². The van der Waals surface area contributed by atoms with E-state index in [9.17, 15) is 9.59 Å². The van der Waals surface area contributed by atoms with Crippen molar-refractivity contribution in [1.82, 2.24) is 9.78 Å². The van der Waals surface area contributed by atoms with Gasteiger partial charge >= 0.3 is 5.97 Å². The molecule has 0 unspecified atom stereocenters. The van der Waals surface area contributed by atoms with E-state index in [1.165, 1.54) is 12.5 Å². The van der Waals surface area contributed by atoms with Gasteiger partial charge in [-0.3, -0.25) is 4.79 Å². The van der Waals surface area contributed by atoms with Gasteiger partial charge in [0.1, 0.15) is 5.56 Å². The van der Waals surface area contributed by atoms with E-state index in [1.807, 2.05) is 0 Å². The zero-order valence-electron chi connectivity index (χ0n) is 10.0. The molecule has 0 spiro atoms. The van der Waals surface area contributed by atoms with Gasteiger partial charge in [0.25, 0.3) is 5.56 Å². The van der Waals surface area contributed by atoms with Crippen LogP contribution in [0.5, 0.6) is 0 Å². The molecule has 2 aromatic heterocycles. The van der Waals surface area contributed by atoms with Crippen LogP contribution >= 0.6 is 0 Å². The summed E-state index contributed by atoms with van der Waals surface area (Å²) in [5.41, 5.74) is 0.841. The molecule has 0 aliphatic heterocycles. The van der Waals surface area contributed by atoms with Crippen LogP contribution in [0.15, 0.2) is 27.8 Å². The SMILES string of the molecule is Cc1nn(Cc2ccoc2)c(=O)c(C(=O)O)c1C. The first-order valence-electron chi connectivity index (χ1n) is 5.33. The van der Waals surface area contributed by atoms with Gasteiger partial charge in [-0.1, -0.05) is 0 Å². The van der Waals surface area contributed by atoms with Crippen LogP contribution in [0.25, 0.3) is 0 Å². The van der Waals surface area contributed by atoms with Crippen molar-refractivity contribution >= 4 is 5.97 Å². The van der Waals surface area contributed by atoms with Crippen LogP contribution in [0.4, 0.5) is 0 Å². The van der Waals surface area contributed by atoms with Crippen molar-refractivity contribution in [3.05, 3.63) is 51.3 Å². The highest BCUT2D eigenvalue weighted by Crippen LogP contribution is 2.07. The van der Waals surface area contributed by atoms with Gasteiger partial charge in [-0.05, 0) is 25.5 Å². The molecule has 0 bridgehead atoms. The number of carboxylic acid groups (broad SMARTS) is 1. The number of hydrogen-bond acceptors (Lipinski definition) is 4. The first-order valence-corrected chi connectivity index (χ1v) is 5.33. The number of rotatable bonds is 3. The minimum absolute atomic E-state index is 0.191. The normalized spacial score (nSPS) is 10.6. The summed E-state index contributed by atoms with van der Waals surface area (Å²) in [5, 5.41) is 13.2. The smallest absolute Gasteiger partial charge is 0.341 e. The average Bonchev–Trinajstić information content (AvgIpc) is 2.78. The standard InChI is InChI=1S/C12H12N2O4/c1-7-8(2)13-14(5-9-3-4-18-6-9)11(15)10(7)12(16)17/h3-4,6H,5H2,1-2H3,(H,16,17). The Kier molecular flexibility index (Phi) is 3.01. The lowest BCUT2D eigenvalue weighted by Gasteiger charge is -2.09. The summed E-state index contributed by atoms with van der Waals surface area (Å²) >= 11 is 0. The number of aryl methyl sites for hydroxylation is 1. The zero-order valence-corrected chi connectivity index (χ0v) is 10.0. The van der Waals surface area contributed by atoms with E-state index in [-0.39, 0.29) is 12.1 Å². The summed E-state index contributed by atoms with van der Waals surface area (Å²) in [5.74, 6) is -1.23. The first kappa shape index (κ1) is 12.1. The second-order valence-electron chi connectivity index (χ2n) is 3.98. The average molecular weight is 248 g/mol. The number of furan rings is 1. The zero-order chi connectivity index (χ0) is 13.3. The minimum Gasteiger partial charge on any atom is -0.477 e. The number of carboxylic acids is 1. The highest BCUT2D eigenvalue weighted by molar-refractivity contribution is 5.88. The van der Waals surface area contributed by atoms with Gasteiger partial charge in [-0.25, -0.2) is 9.48 Å². The van der Waals surface area contributed by atoms with Crippen molar-refractivity contribution in [2.45, 2.75) is 20.4 Å². The third-order valence-corrected chi connectivity index (χ3v) is 2.76. The van der Waals surface area contributed by atoms with E-state index in [0.717, 1.165) is 10.2 Å². The van der Waals surface area contributed by atoms with E-state index in [1.54, 1.807) is 19.9 Å². The van der Waals surface area contributed by atoms with Crippen LogP contribution in [-0.4, -0.2) is 20.9 Å². The molecule has 6 nitrogen and oxygen atoms in total. The molecular formula is C12H12N2O4. The predicted molar refractivity (Wildman–Crippen MR) is 62.7 cm³/mol. The Morgan fingerprint density at radius 1 is 1.50 bits per heavy atom. The fourth-order valence-corrected chi connectivity index (χ4v) is 1.69. The van der Waals surface area contributed by atoms with Gasteiger partial charge < -0.3 is 9.52 Å². The Morgan fingerprint density at radius 2 is 2.22 bits per heavy atom. The summed E-state index contributed by atoms with van der Waals surface area (Å²) in [6, 6.07) is 1.70. The third-order valence-electron chi connectivity index (χ3n) is 2.76. The fourth-order valence-electron chi connectivity index (χ4n) is 1.69. The van der Waals surface area contributed by atoms with Crippen molar-refractivity contribution in [2.75, 3.05) is 0 Å². The number of aromatic nitrogens is 2. The molecule has 0 amide bonds. The lowest BCUT2D eigenvalue weighted by molar-refractivity contribution is 0.0692. The second kappa shape index (κ2) is 4.48. The molecule has 2 heterocycles. The van der Waals surface area contributed by atoms with Crippen LogP contribution in [0.2, 0.25) is 0 Å². The molecule has 1 N–H and O–H groups in total. The topological polar surface area (TPSA) is 85.3 Å². The third kappa shape index (κ3) is 2.04. The summed E-state index contributed by atoms with van der Waals surface area (Å²) in [6.45, 7) is 3.44. The predicted octanol–water partition coefficient (Wildman–Crippen LogP) is 1.20. The van der Waals surface area contributed by atoms with Crippen LogP contribution < -0.4 is 5.56 Å². The molecule has 18 heavy (non-hydrogen) atoms. The molecule has 2 aromatic rings. The summed E-state index contributed by atoms with van der Waals surface area (Å²) in [4.78, 5) is 23.1. The van der Waals surface area contributed by atoms with Gasteiger partial charge in [0.2, 0.25) is 0 Å². The van der Waals surface area contributed by atoms with E-state index in [4.69, 9.17) is 9.52 Å². The van der Waals surface area contributed by atoms with Crippen LogP contribution in [0.1, 0.15) is 27.2 Å². The molecule has 0 atom stereocenters. The van der Waals surface area contributed by atoms with Crippen molar-refractivity contribution in [2.24, 2.45) is 0 Å². The van der Waals surface area contributed by atoms with Gasteiger partial charge in [0.15, 0.2) is 0 Å². The molecule has 0 aliphatic rings. The van der Waals surface area contributed by atoms with E-state index in [2.05, 4.69) is 5.10 Å². The van der Waals surface area contributed by atoms with Crippen molar-refractivity contribution in [3.8, 4) is 0 Å². The van der Waals surface area contributed by atoms with Gasteiger partial charge in [0, 0.05) is 5.56 Å². The Labute approximate surface area is 102 Å². The fraction of sp³-hybridized carbons (Fsp3) is 0.250. The van der Waals surface area contributed by atoms with Crippen LogP contribution in [-0.2, 0) is 6.54 Å². The lowest BCUT2D eigenvalue weighted by Crippen LogP contribution is -2.31. The van der Waals surface area contributed by atoms with Crippen molar-refractivity contribution < 1.29 is 14.3 Å². The molecule has 6 heteroatoms. The summed E-state index contributed by atoms with van der Waals surface area (Å²) in [6.07, 6.45) is 2.98. The number of carbonyl (C=O) groups is 1. The van der Waals surface area contributed by atoms with Gasteiger partial charge in [-0.15, -0.1) is 0 Å². The quantitative estimate of drug-likeness (QED) is 0.882. The Bertz CT molecular complexity index is 641. The summed E-state index contributed by atoms with van der Waals surface area (Å²) in [7, 11) is 0. The van der Waals surface area contributed by atoms with Crippen LogP contribution in [0, 0.1) is 13.8 Å². The van der Waals surface area contributed by atoms with Crippen LogP contribution in [0.3, 0.4) is 0 Å².